The van der Waals surface area contributed by atoms with Crippen molar-refractivity contribution in [3.05, 3.63) is 82.9 Å². The van der Waals surface area contributed by atoms with E-state index in [4.69, 9.17) is 21.7 Å². The van der Waals surface area contributed by atoms with Gasteiger partial charge in [-0.1, -0.05) is 12.1 Å². The van der Waals surface area contributed by atoms with Crippen molar-refractivity contribution in [2.45, 2.75) is 25.9 Å². The summed E-state index contributed by atoms with van der Waals surface area (Å²) in [6.45, 7) is 9.36. The van der Waals surface area contributed by atoms with Gasteiger partial charge in [-0.2, -0.15) is 0 Å². The van der Waals surface area contributed by atoms with Crippen LogP contribution < -0.4 is 5.32 Å². The van der Waals surface area contributed by atoms with Gasteiger partial charge in [-0.05, 0) is 68.0 Å². The van der Waals surface area contributed by atoms with Crippen LogP contribution in [0.4, 0.5) is 0 Å². The third-order valence-electron chi connectivity index (χ3n) is 7.27. The molecule has 1 N–H and O–H groups in total. The number of methoxy groups -OCH3 is 1. The summed E-state index contributed by atoms with van der Waals surface area (Å²) >= 11 is 5.88. The molecule has 2 saturated heterocycles. The largest absolute Gasteiger partial charge is 0.465 e. The summed E-state index contributed by atoms with van der Waals surface area (Å²) in [7, 11) is 1.40. The molecule has 2 aliphatic rings. The van der Waals surface area contributed by atoms with Crippen molar-refractivity contribution in [1.82, 2.24) is 24.7 Å². The van der Waals surface area contributed by atoms with Crippen molar-refractivity contribution in [3.8, 4) is 5.69 Å². The maximum Gasteiger partial charge on any atom is 0.337 e. The molecule has 0 aliphatic carbocycles. The van der Waals surface area contributed by atoms with Crippen molar-refractivity contribution >= 4 is 23.3 Å². The number of pyridine rings is 1. The van der Waals surface area contributed by atoms with Gasteiger partial charge >= 0.3 is 5.97 Å². The quantitative estimate of drug-likeness (QED) is 0.375. The number of hydrogen-bond acceptors (Lipinski definition) is 6. The molecule has 0 saturated carbocycles. The van der Waals surface area contributed by atoms with Crippen LogP contribution in [0.15, 0.2) is 54.7 Å². The summed E-state index contributed by atoms with van der Waals surface area (Å²) in [5.74, 6) is -0.348. The molecule has 0 unspecified atom stereocenters. The second-order valence-electron chi connectivity index (χ2n) is 9.48. The van der Waals surface area contributed by atoms with E-state index in [1.54, 1.807) is 6.07 Å². The number of esters is 1. The van der Waals surface area contributed by atoms with E-state index < -0.39 is 0 Å². The van der Waals surface area contributed by atoms with E-state index >= 15 is 0 Å². The molecular weight excluding hydrogens is 486 g/mol. The van der Waals surface area contributed by atoms with Crippen LogP contribution in [0.25, 0.3) is 5.69 Å². The third-order valence-corrected chi connectivity index (χ3v) is 7.63. The van der Waals surface area contributed by atoms with Gasteiger partial charge in [0.15, 0.2) is 5.11 Å². The number of benzene rings is 1. The number of hydrogen-bond donors (Lipinski definition) is 1. The smallest absolute Gasteiger partial charge is 0.337 e. The Morgan fingerprint density at radius 2 is 1.95 bits per heavy atom. The van der Waals surface area contributed by atoms with E-state index in [1.807, 2.05) is 36.5 Å². The Labute approximate surface area is 223 Å². The zero-order valence-electron chi connectivity index (χ0n) is 21.5. The highest BCUT2D eigenvalue weighted by molar-refractivity contribution is 7.80. The number of thiocarbonyl (C=S) groups is 1. The lowest BCUT2D eigenvalue weighted by atomic mass is 9.96. The van der Waals surface area contributed by atoms with Crippen LogP contribution >= 0.6 is 12.2 Å². The predicted octanol–water partition coefficient (Wildman–Crippen LogP) is 3.58. The van der Waals surface area contributed by atoms with Gasteiger partial charge < -0.3 is 24.3 Å². The van der Waals surface area contributed by atoms with Crippen molar-refractivity contribution in [1.29, 1.82) is 0 Å². The Morgan fingerprint density at radius 3 is 2.68 bits per heavy atom. The Kier molecular flexibility index (Phi) is 7.55. The summed E-state index contributed by atoms with van der Waals surface area (Å²) in [6, 6.07) is 15.7. The predicted molar refractivity (Wildman–Crippen MR) is 146 cm³/mol. The molecular formula is C28H33N5O3S. The van der Waals surface area contributed by atoms with Gasteiger partial charge in [0.2, 0.25) is 0 Å². The first kappa shape index (κ1) is 25.4. The molecule has 8 nitrogen and oxygen atoms in total. The Bertz CT molecular complexity index is 1270. The number of carbonyl (C=O) groups is 1. The number of rotatable bonds is 7. The zero-order valence-corrected chi connectivity index (χ0v) is 22.3. The minimum absolute atomic E-state index is 0.0211. The fourth-order valence-electron chi connectivity index (χ4n) is 5.43. The lowest BCUT2D eigenvalue weighted by Crippen LogP contribution is -2.42. The molecule has 3 aromatic rings. The van der Waals surface area contributed by atoms with Crippen LogP contribution in [0.2, 0.25) is 0 Å². The summed E-state index contributed by atoms with van der Waals surface area (Å²) in [4.78, 5) is 21.6. The molecule has 0 amide bonds. The standard InChI is InChI=1S/C28H33N5O3S/c1-19-17-23(20(2)33(19)22-8-6-7-21(18-22)27(34)35-3)26-25(24-9-4-5-10-29-24)30-28(37)32(26)12-11-31-13-15-36-16-14-31/h4-10,17-18,25-26H,11-16H2,1-3H3,(H,30,37)/t25-,26+/m0/s1. The zero-order chi connectivity index (χ0) is 25.9. The van der Waals surface area contributed by atoms with E-state index in [9.17, 15) is 4.79 Å². The Morgan fingerprint density at radius 1 is 1.14 bits per heavy atom. The molecule has 0 bridgehead atoms. The molecule has 2 aromatic heterocycles. The molecule has 2 atom stereocenters. The van der Waals surface area contributed by atoms with Crippen molar-refractivity contribution < 1.29 is 14.3 Å². The van der Waals surface area contributed by atoms with Gasteiger partial charge in [-0.25, -0.2) is 4.79 Å². The number of aromatic nitrogens is 2. The molecule has 4 heterocycles. The maximum atomic E-state index is 12.2. The van der Waals surface area contributed by atoms with Gasteiger partial charge in [-0.3, -0.25) is 9.88 Å². The fraction of sp³-hybridized carbons (Fsp3) is 0.393. The van der Waals surface area contributed by atoms with Crippen molar-refractivity contribution in [2.75, 3.05) is 46.5 Å². The number of nitrogens with one attached hydrogen (secondary N) is 1. The van der Waals surface area contributed by atoms with E-state index in [0.29, 0.717) is 5.56 Å². The number of nitrogens with zero attached hydrogens (tertiary/aromatic N) is 4. The first-order valence-corrected chi connectivity index (χ1v) is 13.0. The van der Waals surface area contributed by atoms with Crippen LogP contribution in [0.1, 0.15) is 45.1 Å². The molecule has 194 valence electrons. The molecule has 37 heavy (non-hydrogen) atoms. The molecule has 9 heteroatoms. The lowest BCUT2D eigenvalue weighted by molar-refractivity contribution is 0.0350. The van der Waals surface area contributed by atoms with Crippen LogP contribution in [-0.4, -0.2) is 76.9 Å². The highest BCUT2D eigenvalue weighted by Crippen LogP contribution is 2.41. The van der Waals surface area contributed by atoms with Crippen LogP contribution in [0.3, 0.4) is 0 Å². The molecule has 0 radical (unpaired) electrons. The topological polar surface area (TPSA) is 71.9 Å². The first-order valence-electron chi connectivity index (χ1n) is 12.6. The molecule has 1 aromatic carbocycles. The van der Waals surface area contributed by atoms with Crippen LogP contribution in [0.5, 0.6) is 0 Å². The van der Waals surface area contributed by atoms with Crippen LogP contribution in [0, 0.1) is 13.8 Å². The maximum absolute atomic E-state index is 12.2. The first-order chi connectivity index (χ1) is 18.0. The lowest BCUT2D eigenvalue weighted by Gasteiger charge is -2.32. The molecule has 2 fully saturated rings. The number of ether oxygens (including phenoxy) is 2. The van der Waals surface area contributed by atoms with E-state index in [2.05, 4.69) is 50.6 Å². The van der Waals surface area contributed by atoms with Gasteiger partial charge in [0.05, 0.1) is 43.7 Å². The minimum atomic E-state index is -0.348. The van der Waals surface area contributed by atoms with Gasteiger partial charge in [0.25, 0.3) is 0 Å². The minimum Gasteiger partial charge on any atom is -0.465 e. The number of carbonyl (C=O) groups excluding carboxylic acids is 1. The second-order valence-corrected chi connectivity index (χ2v) is 9.86. The van der Waals surface area contributed by atoms with Crippen molar-refractivity contribution in [3.63, 3.8) is 0 Å². The summed E-state index contributed by atoms with van der Waals surface area (Å²) < 4.78 is 12.7. The highest BCUT2D eigenvalue weighted by Gasteiger charge is 2.41. The summed E-state index contributed by atoms with van der Waals surface area (Å²) in [5.41, 5.74) is 5.78. The molecule has 5 rings (SSSR count). The van der Waals surface area contributed by atoms with E-state index in [-0.39, 0.29) is 18.1 Å². The van der Waals surface area contributed by atoms with E-state index in [0.717, 1.165) is 67.3 Å². The van der Waals surface area contributed by atoms with Crippen LogP contribution in [-0.2, 0) is 9.47 Å². The number of aryl methyl sites for hydroxylation is 1. The fourth-order valence-corrected chi connectivity index (χ4v) is 5.76. The Hall–Kier alpha value is -3.27. The average molecular weight is 520 g/mol. The van der Waals surface area contributed by atoms with Gasteiger partial charge in [0, 0.05) is 49.5 Å². The van der Waals surface area contributed by atoms with Gasteiger partial charge in [-0.15, -0.1) is 0 Å². The summed E-state index contributed by atoms with van der Waals surface area (Å²) in [6.07, 6.45) is 1.83. The number of morpholine rings is 1. The average Bonchev–Trinajstić information content (AvgIpc) is 3.42. The van der Waals surface area contributed by atoms with Crippen molar-refractivity contribution in [2.24, 2.45) is 0 Å². The second kappa shape index (κ2) is 11.0. The summed E-state index contributed by atoms with van der Waals surface area (Å²) in [5, 5.41) is 4.31. The highest BCUT2D eigenvalue weighted by atomic mass is 32.1. The SMILES string of the molecule is COC(=O)c1cccc(-n2c(C)cc([C@@H]3[C@H](c4ccccn4)NC(=S)N3CCN3CCOCC3)c2C)c1. The normalized spacial score (nSPS) is 20.2. The third kappa shape index (κ3) is 5.12. The van der Waals surface area contributed by atoms with Gasteiger partial charge in [0.1, 0.15) is 0 Å². The van der Waals surface area contributed by atoms with E-state index in [1.165, 1.54) is 12.7 Å². The monoisotopic (exact) mass is 519 g/mol. The molecule has 2 aliphatic heterocycles. The Balaban J connectivity index is 1.53. The molecule has 0 spiro atoms.